The van der Waals surface area contributed by atoms with Gasteiger partial charge in [0.05, 0.1) is 23.5 Å². The zero-order chi connectivity index (χ0) is 15.4. The van der Waals surface area contributed by atoms with Gasteiger partial charge in [0.15, 0.2) is 0 Å². The normalized spacial score (nSPS) is 12.4. The molecule has 0 amide bonds. The minimum Gasteiger partial charge on any atom is -0.497 e. The minimum atomic E-state index is -0.00490. The summed E-state index contributed by atoms with van der Waals surface area (Å²) in [6.45, 7) is 2.05. The molecule has 2 aromatic rings. The molecular formula is C16H22ClN3O. The van der Waals surface area contributed by atoms with Crippen LogP contribution in [0.15, 0.2) is 24.3 Å². The molecule has 0 spiro atoms. The van der Waals surface area contributed by atoms with Gasteiger partial charge in [0.25, 0.3) is 0 Å². The van der Waals surface area contributed by atoms with Crippen molar-refractivity contribution in [1.29, 1.82) is 0 Å². The highest BCUT2D eigenvalue weighted by molar-refractivity contribution is 6.31. The Kier molecular flexibility index (Phi) is 5.26. The average Bonchev–Trinajstić information content (AvgIpc) is 2.74. The molecule has 0 saturated heterocycles. The number of aromatic nitrogens is 2. The van der Waals surface area contributed by atoms with Gasteiger partial charge in [-0.3, -0.25) is 4.68 Å². The second-order valence-corrected chi connectivity index (χ2v) is 5.58. The van der Waals surface area contributed by atoms with Gasteiger partial charge in [-0.25, -0.2) is 0 Å². The van der Waals surface area contributed by atoms with E-state index < -0.39 is 0 Å². The zero-order valence-electron chi connectivity index (χ0n) is 12.8. The number of methoxy groups -OCH3 is 1. The molecule has 0 bridgehead atoms. The van der Waals surface area contributed by atoms with Crippen molar-refractivity contribution in [1.82, 2.24) is 9.78 Å². The number of hydrogen-bond donors (Lipinski definition) is 1. The summed E-state index contributed by atoms with van der Waals surface area (Å²) in [6.07, 6.45) is 2.32. The molecular weight excluding hydrogens is 286 g/mol. The number of nitrogens with zero attached hydrogens (tertiary/aromatic N) is 2. The SMILES string of the molecule is CCc1nn(C)c(CC(N)Cc2cccc(OC)c2)c1Cl. The number of aryl methyl sites for hydroxylation is 2. The van der Waals surface area contributed by atoms with E-state index in [0.717, 1.165) is 40.6 Å². The number of hydrogen-bond acceptors (Lipinski definition) is 3. The summed E-state index contributed by atoms with van der Waals surface area (Å²) < 4.78 is 7.07. The van der Waals surface area contributed by atoms with Crippen LogP contribution in [0.2, 0.25) is 5.02 Å². The third-order valence-corrected chi connectivity index (χ3v) is 4.03. The average molecular weight is 308 g/mol. The van der Waals surface area contributed by atoms with Crippen molar-refractivity contribution in [2.75, 3.05) is 7.11 Å². The van der Waals surface area contributed by atoms with E-state index in [1.54, 1.807) is 7.11 Å². The van der Waals surface area contributed by atoms with Gasteiger partial charge >= 0.3 is 0 Å². The van der Waals surface area contributed by atoms with E-state index in [-0.39, 0.29) is 6.04 Å². The molecule has 0 aliphatic heterocycles. The van der Waals surface area contributed by atoms with Crippen LogP contribution < -0.4 is 10.5 Å². The first-order valence-electron chi connectivity index (χ1n) is 7.13. The molecule has 0 saturated carbocycles. The van der Waals surface area contributed by atoms with Crippen molar-refractivity contribution in [2.24, 2.45) is 12.8 Å². The molecule has 2 N–H and O–H groups in total. The van der Waals surface area contributed by atoms with Crippen LogP contribution >= 0.6 is 11.6 Å². The monoisotopic (exact) mass is 307 g/mol. The molecule has 2 rings (SSSR count). The number of benzene rings is 1. The van der Waals surface area contributed by atoms with Crippen molar-refractivity contribution in [3.05, 3.63) is 46.2 Å². The highest BCUT2D eigenvalue weighted by Crippen LogP contribution is 2.22. The highest BCUT2D eigenvalue weighted by Gasteiger charge is 2.16. The first kappa shape index (κ1) is 15.9. The van der Waals surface area contributed by atoms with E-state index in [2.05, 4.69) is 11.2 Å². The maximum Gasteiger partial charge on any atom is 0.119 e. The molecule has 1 aromatic heterocycles. The minimum absolute atomic E-state index is 0.00490. The van der Waals surface area contributed by atoms with Gasteiger partial charge in [0.1, 0.15) is 5.75 Å². The summed E-state index contributed by atoms with van der Waals surface area (Å²) in [4.78, 5) is 0. The summed E-state index contributed by atoms with van der Waals surface area (Å²) in [5, 5.41) is 5.18. The lowest BCUT2D eigenvalue weighted by atomic mass is 10.0. The molecule has 21 heavy (non-hydrogen) atoms. The summed E-state index contributed by atoms with van der Waals surface area (Å²) in [6, 6.07) is 7.98. The lowest BCUT2D eigenvalue weighted by molar-refractivity contribution is 0.414. The lowest BCUT2D eigenvalue weighted by Crippen LogP contribution is -2.26. The summed E-state index contributed by atoms with van der Waals surface area (Å²) >= 11 is 6.37. The van der Waals surface area contributed by atoms with Crippen LogP contribution in [-0.2, 0) is 26.3 Å². The fourth-order valence-electron chi connectivity index (χ4n) is 2.46. The largest absolute Gasteiger partial charge is 0.497 e. The molecule has 1 unspecified atom stereocenters. The van der Waals surface area contributed by atoms with Crippen LogP contribution in [0.1, 0.15) is 23.9 Å². The molecule has 0 aliphatic rings. The summed E-state index contributed by atoms with van der Waals surface area (Å²) in [5.41, 5.74) is 9.38. The van der Waals surface area contributed by atoms with E-state index in [0.29, 0.717) is 6.42 Å². The maximum absolute atomic E-state index is 6.37. The maximum atomic E-state index is 6.37. The topological polar surface area (TPSA) is 53.1 Å². The molecule has 0 radical (unpaired) electrons. The predicted octanol–water partition coefficient (Wildman–Crippen LogP) is 2.76. The van der Waals surface area contributed by atoms with Crippen molar-refractivity contribution in [3.63, 3.8) is 0 Å². The second-order valence-electron chi connectivity index (χ2n) is 5.20. The van der Waals surface area contributed by atoms with Crippen LogP contribution in [0.4, 0.5) is 0 Å². The molecule has 114 valence electrons. The third kappa shape index (κ3) is 3.77. The van der Waals surface area contributed by atoms with E-state index in [9.17, 15) is 0 Å². The van der Waals surface area contributed by atoms with Crippen LogP contribution in [0.5, 0.6) is 5.75 Å². The Balaban J connectivity index is 2.07. The molecule has 0 aliphatic carbocycles. The highest BCUT2D eigenvalue weighted by atomic mass is 35.5. The van der Waals surface area contributed by atoms with Gasteiger partial charge in [-0.1, -0.05) is 30.7 Å². The molecule has 1 heterocycles. The van der Waals surface area contributed by atoms with Crippen LogP contribution in [0, 0.1) is 0 Å². The van der Waals surface area contributed by atoms with Crippen molar-refractivity contribution >= 4 is 11.6 Å². The van der Waals surface area contributed by atoms with Crippen LogP contribution in [0.3, 0.4) is 0 Å². The summed E-state index contributed by atoms with van der Waals surface area (Å²) in [5.74, 6) is 0.853. The molecule has 4 nitrogen and oxygen atoms in total. The Morgan fingerprint density at radius 1 is 1.38 bits per heavy atom. The van der Waals surface area contributed by atoms with E-state index in [4.69, 9.17) is 22.1 Å². The fourth-order valence-corrected chi connectivity index (χ4v) is 2.84. The van der Waals surface area contributed by atoms with Gasteiger partial charge in [0.2, 0.25) is 0 Å². The number of nitrogens with two attached hydrogens (primary N) is 1. The van der Waals surface area contributed by atoms with Gasteiger partial charge < -0.3 is 10.5 Å². The molecule has 5 heteroatoms. The van der Waals surface area contributed by atoms with E-state index in [1.165, 1.54) is 0 Å². The number of halogens is 1. The Labute approximate surface area is 130 Å². The van der Waals surface area contributed by atoms with Gasteiger partial charge in [-0.15, -0.1) is 0 Å². The van der Waals surface area contributed by atoms with Crippen LogP contribution in [0.25, 0.3) is 0 Å². The Bertz CT molecular complexity index is 610. The number of rotatable bonds is 6. The van der Waals surface area contributed by atoms with E-state index >= 15 is 0 Å². The van der Waals surface area contributed by atoms with E-state index in [1.807, 2.05) is 36.9 Å². The Morgan fingerprint density at radius 3 is 2.76 bits per heavy atom. The second kappa shape index (κ2) is 6.96. The smallest absolute Gasteiger partial charge is 0.119 e. The first-order valence-corrected chi connectivity index (χ1v) is 7.51. The predicted molar refractivity (Wildman–Crippen MR) is 86.0 cm³/mol. The number of ether oxygens (including phenoxy) is 1. The molecule has 1 atom stereocenters. The lowest BCUT2D eigenvalue weighted by Gasteiger charge is -2.13. The van der Waals surface area contributed by atoms with Crippen molar-refractivity contribution < 1.29 is 4.74 Å². The molecule has 1 aromatic carbocycles. The van der Waals surface area contributed by atoms with Crippen molar-refractivity contribution in [2.45, 2.75) is 32.2 Å². The summed E-state index contributed by atoms with van der Waals surface area (Å²) in [7, 11) is 3.58. The quantitative estimate of drug-likeness (QED) is 0.893. The third-order valence-electron chi connectivity index (χ3n) is 3.59. The van der Waals surface area contributed by atoms with Crippen molar-refractivity contribution in [3.8, 4) is 5.75 Å². The Hall–Kier alpha value is -1.52. The molecule has 0 fully saturated rings. The fraction of sp³-hybridized carbons (Fsp3) is 0.438. The zero-order valence-corrected chi connectivity index (χ0v) is 13.5. The first-order chi connectivity index (χ1) is 10.0. The van der Waals surface area contributed by atoms with Gasteiger partial charge in [-0.05, 0) is 30.5 Å². The van der Waals surface area contributed by atoms with Gasteiger partial charge in [-0.2, -0.15) is 5.10 Å². The van der Waals surface area contributed by atoms with Crippen LogP contribution in [-0.4, -0.2) is 22.9 Å². The Morgan fingerprint density at radius 2 is 2.14 bits per heavy atom. The standard InChI is InChI=1S/C16H22ClN3O/c1-4-14-16(17)15(20(2)19-14)10-12(18)8-11-6-5-7-13(9-11)21-3/h5-7,9,12H,4,8,10,18H2,1-3H3. The van der Waals surface area contributed by atoms with Gasteiger partial charge in [0, 0.05) is 19.5 Å².